The van der Waals surface area contributed by atoms with E-state index in [2.05, 4.69) is 10.2 Å². The predicted molar refractivity (Wildman–Crippen MR) is 58.7 cm³/mol. The van der Waals surface area contributed by atoms with Crippen LogP contribution in [0.15, 0.2) is 0 Å². The highest BCUT2D eigenvalue weighted by molar-refractivity contribution is 4.92. The zero-order chi connectivity index (χ0) is 10.7. The molecule has 4 heteroatoms. The third-order valence-corrected chi connectivity index (χ3v) is 3.71. The molecule has 0 aromatic heterocycles. The first-order chi connectivity index (χ1) is 7.33. The Labute approximate surface area is 91.3 Å². The van der Waals surface area contributed by atoms with E-state index < -0.39 is 0 Å². The van der Waals surface area contributed by atoms with Crippen LogP contribution in [0.4, 0.5) is 0 Å². The fourth-order valence-corrected chi connectivity index (χ4v) is 2.72. The first-order valence-electron chi connectivity index (χ1n) is 6.08. The van der Waals surface area contributed by atoms with E-state index in [0.717, 1.165) is 32.4 Å². The Kier molecular flexibility index (Phi) is 3.97. The molecule has 2 fully saturated rings. The van der Waals surface area contributed by atoms with E-state index in [-0.39, 0.29) is 18.8 Å². The van der Waals surface area contributed by atoms with Crippen LogP contribution in [0.1, 0.15) is 25.7 Å². The Morgan fingerprint density at radius 2 is 1.93 bits per heavy atom. The van der Waals surface area contributed by atoms with Crippen molar-refractivity contribution in [3.63, 3.8) is 0 Å². The topological polar surface area (TPSA) is 55.7 Å². The van der Waals surface area contributed by atoms with Crippen LogP contribution < -0.4 is 5.32 Å². The SMILES string of the molecule is OCCN(C1CNC1)[C@H]1CCCC[C@@H]1O. The third kappa shape index (κ3) is 2.50. The Bertz CT molecular complexity index is 197. The zero-order valence-electron chi connectivity index (χ0n) is 9.23. The first kappa shape index (κ1) is 11.3. The van der Waals surface area contributed by atoms with Gasteiger partial charge in [-0.25, -0.2) is 0 Å². The number of hydrogen-bond donors (Lipinski definition) is 3. The average molecular weight is 214 g/mol. The molecule has 0 aromatic carbocycles. The second-order valence-electron chi connectivity index (χ2n) is 4.69. The lowest BCUT2D eigenvalue weighted by atomic mass is 9.89. The summed E-state index contributed by atoms with van der Waals surface area (Å²) in [5, 5.41) is 22.3. The first-order valence-corrected chi connectivity index (χ1v) is 6.08. The molecule has 0 aromatic rings. The Morgan fingerprint density at radius 1 is 1.20 bits per heavy atom. The molecule has 15 heavy (non-hydrogen) atoms. The summed E-state index contributed by atoms with van der Waals surface area (Å²) in [7, 11) is 0. The summed E-state index contributed by atoms with van der Waals surface area (Å²) >= 11 is 0. The Hall–Kier alpha value is -0.160. The molecule has 88 valence electrons. The molecule has 0 radical (unpaired) electrons. The molecule has 1 saturated carbocycles. The highest BCUT2D eigenvalue weighted by Crippen LogP contribution is 2.25. The van der Waals surface area contributed by atoms with Crippen molar-refractivity contribution in [2.75, 3.05) is 26.2 Å². The molecule has 1 heterocycles. The van der Waals surface area contributed by atoms with Crippen LogP contribution in [-0.2, 0) is 0 Å². The van der Waals surface area contributed by atoms with Crippen LogP contribution in [-0.4, -0.2) is 59.5 Å². The van der Waals surface area contributed by atoms with Gasteiger partial charge < -0.3 is 15.5 Å². The monoisotopic (exact) mass is 214 g/mol. The maximum atomic E-state index is 9.99. The van der Waals surface area contributed by atoms with Gasteiger partial charge in [-0.2, -0.15) is 0 Å². The largest absolute Gasteiger partial charge is 0.395 e. The maximum absolute atomic E-state index is 9.99. The van der Waals surface area contributed by atoms with E-state index in [1.54, 1.807) is 0 Å². The minimum atomic E-state index is -0.189. The van der Waals surface area contributed by atoms with E-state index in [1.807, 2.05) is 0 Å². The standard InChI is InChI=1S/C11H22N2O2/c14-6-5-13(9-7-12-8-9)10-3-1-2-4-11(10)15/h9-12,14-15H,1-8H2/t10-,11-/m0/s1. The van der Waals surface area contributed by atoms with Gasteiger partial charge >= 0.3 is 0 Å². The maximum Gasteiger partial charge on any atom is 0.0695 e. The Morgan fingerprint density at radius 3 is 2.47 bits per heavy atom. The van der Waals surface area contributed by atoms with Gasteiger partial charge in [0.2, 0.25) is 0 Å². The second kappa shape index (κ2) is 5.25. The van der Waals surface area contributed by atoms with Crippen LogP contribution in [0.5, 0.6) is 0 Å². The second-order valence-corrected chi connectivity index (χ2v) is 4.69. The average Bonchev–Trinajstić information content (AvgIpc) is 2.15. The lowest BCUT2D eigenvalue weighted by Crippen LogP contribution is -2.62. The van der Waals surface area contributed by atoms with E-state index >= 15 is 0 Å². The van der Waals surface area contributed by atoms with Crippen LogP contribution in [0, 0.1) is 0 Å². The third-order valence-electron chi connectivity index (χ3n) is 3.71. The van der Waals surface area contributed by atoms with Crippen molar-refractivity contribution < 1.29 is 10.2 Å². The van der Waals surface area contributed by atoms with Gasteiger partial charge in [0.05, 0.1) is 12.7 Å². The van der Waals surface area contributed by atoms with Crippen LogP contribution in [0.2, 0.25) is 0 Å². The zero-order valence-corrected chi connectivity index (χ0v) is 9.23. The minimum absolute atomic E-state index is 0.189. The van der Waals surface area contributed by atoms with Crippen molar-refractivity contribution in [2.24, 2.45) is 0 Å². The summed E-state index contributed by atoms with van der Waals surface area (Å²) < 4.78 is 0. The molecule has 1 aliphatic carbocycles. The Balaban J connectivity index is 1.94. The van der Waals surface area contributed by atoms with Crippen molar-refractivity contribution >= 4 is 0 Å². The van der Waals surface area contributed by atoms with Crippen molar-refractivity contribution in [3.05, 3.63) is 0 Å². The number of aliphatic hydroxyl groups excluding tert-OH is 2. The fraction of sp³-hybridized carbons (Fsp3) is 1.00. The highest BCUT2D eigenvalue weighted by atomic mass is 16.3. The molecule has 0 spiro atoms. The number of nitrogens with zero attached hydrogens (tertiary/aromatic N) is 1. The summed E-state index contributed by atoms with van der Waals surface area (Å²) in [6.45, 7) is 2.90. The van der Waals surface area contributed by atoms with Crippen molar-refractivity contribution in [1.29, 1.82) is 0 Å². The van der Waals surface area contributed by atoms with Gasteiger partial charge in [-0.1, -0.05) is 12.8 Å². The van der Waals surface area contributed by atoms with Crippen molar-refractivity contribution in [2.45, 2.75) is 43.9 Å². The molecular weight excluding hydrogens is 192 g/mol. The van der Waals surface area contributed by atoms with Crippen LogP contribution >= 0.6 is 0 Å². The van der Waals surface area contributed by atoms with Gasteiger partial charge in [-0.3, -0.25) is 4.90 Å². The predicted octanol–water partition coefficient (Wildman–Crippen LogP) is -0.444. The summed E-state index contributed by atoms with van der Waals surface area (Å²) in [6.07, 6.45) is 4.17. The van der Waals surface area contributed by atoms with E-state index in [0.29, 0.717) is 12.6 Å². The lowest BCUT2D eigenvalue weighted by molar-refractivity contribution is -0.0204. The van der Waals surface area contributed by atoms with E-state index in [4.69, 9.17) is 5.11 Å². The molecule has 3 N–H and O–H groups in total. The summed E-state index contributed by atoms with van der Waals surface area (Å²) in [5.74, 6) is 0. The summed E-state index contributed by atoms with van der Waals surface area (Å²) in [4.78, 5) is 2.31. The van der Waals surface area contributed by atoms with Gasteiger partial charge in [0.1, 0.15) is 0 Å². The van der Waals surface area contributed by atoms with Gasteiger partial charge in [0.15, 0.2) is 0 Å². The summed E-state index contributed by atoms with van der Waals surface area (Å²) in [5.41, 5.74) is 0. The normalized spacial score (nSPS) is 33.0. The van der Waals surface area contributed by atoms with Gasteiger partial charge in [0, 0.05) is 31.7 Å². The molecule has 1 saturated heterocycles. The molecule has 1 aliphatic heterocycles. The molecule has 0 unspecified atom stereocenters. The smallest absolute Gasteiger partial charge is 0.0695 e. The lowest BCUT2D eigenvalue weighted by Gasteiger charge is -2.45. The molecule has 4 nitrogen and oxygen atoms in total. The van der Waals surface area contributed by atoms with Gasteiger partial charge in [0.25, 0.3) is 0 Å². The molecule has 0 bridgehead atoms. The van der Waals surface area contributed by atoms with Crippen molar-refractivity contribution in [3.8, 4) is 0 Å². The van der Waals surface area contributed by atoms with Gasteiger partial charge in [-0.15, -0.1) is 0 Å². The van der Waals surface area contributed by atoms with E-state index in [1.165, 1.54) is 6.42 Å². The molecular formula is C11H22N2O2. The number of aliphatic hydroxyl groups is 2. The summed E-state index contributed by atoms with van der Waals surface area (Å²) in [6, 6.07) is 0.799. The van der Waals surface area contributed by atoms with Crippen LogP contribution in [0.25, 0.3) is 0 Å². The number of hydrogen-bond acceptors (Lipinski definition) is 4. The van der Waals surface area contributed by atoms with E-state index in [9.17, 15) is 5.11 Å². The molecule has 0 amide bonds. The van der Waals surface area contributed by atoms with Crippen LogP contribution in [0.3, 0.4) is 0 Å². The highest BCUT2D eigenvalue weighted by Gasteiger charge is 2.34. The minimum Gasteiger partial charge on any atom is -0.395 e. The van der Waals surface area contributed by atoms with Crippen molar-refractivity contribution in [1.82, 2.24) is 10.2 Å². The number of nitrogens with one attached hydrogen (secondary N) is 1. The molecule has 2 rings (SSSR count). The molecule has 2 atom stereocenters. The quantitative estimate of drug-likeness (QED) is 0.594. The van der Waals surface area contributed by atoms with Gasteiger partial charge in [-0.05, 0) is 12.8 Å². The molecule has 2 aliphatic rings. The fourth-order valence-electron chi connectivity index (χ4n) is 2.72. The number of rotatable bonds is 4.